The van der Waals surface area contributed by atoms with Crippen LogP contribution in [-0.2, 0) is 4.74 Å². The number of fused-ring (bicyclic) bond motifs is 1. The second-order valence-electron chi connectivity index (χ2n) is 5.68. The first-order chi connectivity index (χ1) is 12.1. The normalized spacial score (nSPS) is 26.4. The van der Waals surface area contributed by atoms with Gasteiger partial charge in [0.05, 0.1) is 26.1 Å². The van der Waals surface area contributed by atoms with Crippen LogP contribution in [0.5, 0.6) is 0 Å². The monoisotopic (exact) mass is 355 g/mol. The van der Waals surface area contributed by atoms with E-state index in [1.165, 1.54) is 17.2 Å². The molecular weight excluding hydrogens is 334 g/mol. The zero-order chi connectivity index (χ0) is 18.0. The van der Waals surface area contributed by atoms with Gasteiger partial charge in [-0.15, -0.1) is 0 Å². The fourth-order valence-corrected chi connectivity index (χ4v) is 2.93. The van der Waals surface area contributed by atoms with Crippen molar-refractivity contribution in [3.05, 3.63) is 12.7 Å². The first-order valence-corrected chi connectivity index (χ1v) is 7.89. The van der Waals surface area contributed by atoms with Gasteiger partial charge in [-0.3, -0.25) is 4.57 Å². The van der Waals surface area contributed by atoms with Gasteiger partial charge in [-0.2, -0.15) is 0 Å². The molecule has 4 atom stereocenters. The Morgan fingerprint density at radius 2 is 1.76 bits per heavy atom. The third kappa shape index (κ3) is 3.17. The first kappa shape index (κ1) is 17.9. The highest BCUT2D eigenvalue weighted by molar-refractivity contribution is 5.83. The van der Waals surface area contributed by atoms with Gasteiger partial charge in [0.25, 0.3) is 0 Å². The number of aromatic nitrogens is 4. The minimum Gasteiger partial charge on any atom is -0.395 e. The minimum atomic E-state index is -1.25. The Morgan fingerprint density at radius 3 is 2.36 bits per heavy atom. The third-order valence-corrected chi connectivity index (χ3v) is 4.17. The number of aliphatic hydroxyl groups is 5. The predicted octanol–water partition coefficient (Wildman–Crippen LogP) is -2.77. The number of ether oxygens (including phenoxy) is 1. The maximum atomic E-state index is 10.2. The van der Waals surface area contributed by atoms with Gasteiger partial charge in [-0.1, -0.05) is 0 Å². The van der Waals surface area contributed by atoms with Gasteiger partial charge in [-0.25, -0.2) is 15.0 Å². The van der Waals surface area contributed by atoms with Crippen molar-refractivity contribution in [1.29, 1.82) is 0 Å². The maximum absolute atomic E-state index is 10.2. The van der Waals surface area contributed by atoms with Gasteiger partial charge < -0.3 is 35.2 Å². The van der Waals surface area contributed by atoms with Crippen LogP contribution in [0.1, 0.15) is 6.23 Å². The third-order valence-electron chi connectivity index (χ3n) is 4.17. The van der Waals surface area contributed by atoms with Crippen LogP contribution in [0.3, 0.4) is 0 Å². The summed E-state index contributed by atoms with van der Waals surface area (Å²) < 4.78 is 6.96. The van der Waals surface area contributed by atoms with Gasteiger partial charge in [0.15, 0.2) is 23.2 Å². The lowest BCUT2D eigenvalue weighted by Gasteiger charge is -2.22. The van der Waals surface area contributed by atoms with Crippen LogP contribution < -0.4 is 4.90 Å². The molecule has 5 N–H and O–H groups in total. The SMILES string of the molecule is OCCN(CCO)c1ncnc2c1ncn2[C@H]1O[C@H](CO)[C@H](O)[C@@H]1O. The van der Waals surface area contributed by atoms with E-state index in [1.807, 2.05) is 0 Å². The molecule has 1 aliphatic heterocycles. The molecule has 0 spiro atoms. The molecule has 2 aromatic rings. The van der Waals surface area contributed by atoms with Crippen LogP contribution in [0.4, 0.5) is 5.82 Å². The average Bonchev–Trinajstić information content (AvgIpc) is 3.16. The van der Waals surface area contributed by atoms with Gasteiger partial charge >= 0.3 is 0 Å². The number of aliphatic hydroxyl groups excluding tert-OH is 5. The molecule has 1 saturated heterocycles. The largest absolute Gasteiger partial charge is 0.395 e. The van der Waals surface area contributed by atoms with E-state index in [2.05, 4.69) is 15.0 Å². The summed E-state index contributed by atoms with van der Waals surface area (Å²) in [5.41, 5.74) is 0.767. The lowest BCUT2D eigenvalue weighted by atomic mass is 10.1. The molecule has 25 heavy (non-hydrogen) atoms. The molecule has 0 bridgehead atoms. The van der Waals surface area contributed by atoms with Crippen LogP contribution in [0.2, 0.25) is 0 Å². The molecule has 0 saturated carbocycles. The number of imidazole rings is 1. The number of hydrogen-bond donors (Lipinski definition) is 5. The number of hydrogen-bond acceptors (Lipinski definition) is 10. The molecule has 11 nitrogen and oxygen atoms in total. The summed E-state index contributed by atoms with van der Waals surface area (Å²) >= 11 is 0. The number of rotatable bonds is 7. The van der Waals surface area contributed by atoms with Gasteiger partial charge in [0, 0.05) is 13.1 Å². The molecule has 1 fully saturated rings. The summed E-state index contributed by atoms with van der Waals surface area (Å²) in [6.45, 7) is -0.162. The lowest BCUT2D eigenvalue weighted by molar-refractivity contribution is -0.0511. The summed E-state index contributed by atoms with van der Waals surface area (Å²) in [5, 5.41) is 47.7. The van der Waals surface area contributed by atoms with E-state index in [4.69, 9.17) is 4.74 Å². The molecule has 1 aliphatic rings. The second kappa shape index (κ2) is 7.56. The van der Waals surface area contributed by atoms with Crippen molar-refractivity contribution in [2.45, 2.75) is 24.5 Å². The van der Waals surface area contributed by atoms with Crippen molar-refractivity contribution < 1.29 is 30.3 Å². The Hall–Kier alpha value is -1.89. The molecule has 0 aromatic carbocycles. The summed E-state index contributed by atoms with van der Waals surface area (Å²) in [6, 6.07) is 0. The molecule has 2 aromatic heterocycles. The van der Waals surface area contributed by atoms with Gasteiger partial charge in [0.1, 0.15) is 24.6 Å². The van der Waals surface area contributed by atoms with Crippen LogP contribution in [0, 0.1) is 0 Å². The highest BCUT2D eigenvalue weighted by atomic mass is 16.6. The van der Waals surface area contributed by atoms with E-state index in [0.29, 0.717) is 17.0 Å². The molecule has 3 rings (SSSR count). The van der Waals surface area contributed by atoms with Crippen molar-refractivity contribution in [2.75, 3.05) is 37.8 Å². The highest BCUT2D eigenvalue weighted by Gasteiger charge is 2.44. The van der Waals surface area contributed by atoms with Gasteiger partial charge in [0.2, 0.25) is 0 Å². The Morgan fingerprint density at radius 1 is 1.04 bits per heavy atom. The van der Waals surface area contributed by atoms with Crippen LogP contribution in [0.25, 0.3) is 11.2 Å². The summed E-state index contributed by atoms with van der Waals surface area (Å²) in [4.78, 5) is 14.3. The molecular formula is C14H21N5O6. The van der Waals surface area contributed by atoms with Gasteiger partial charge in [-0.05, 0) is 0 Å². The summed E-state index contributed by atoms with van der Waals surface area (Å²) in [5.74, 6) is 0.429. The quantitative estimate of drug-likeness (QED) is 0.352. The summed E-state index contributed by atoms with van der Waals surface area (Å²) in [6.07, 6.45) is -1.63. The zero-order valence-electron chi connectivity index (χ0n) is 13.4. The van der Waals surface area contributed by atoms with E-state index in [1.54, 1.807) is 4.90 Å². The predicted molar refractivity (Wildman–Crippen MR) is 84.7 cm³/mol. The second-order valence-corrected chi connectivity index (χ2v) is 5.68. The molecule has 11 heteroatoms. The molecule has 0 unspecified atom stereocenters. The summed E-state index contributed by atoms with van der Waals surface area (Å²) in [7, 11) is 0. The minimum absolute atomic E-state index is 0.124. The Balaban J connectivity index is 1.99. The Labute approximate surface area is 142 Å². The smallest absolute Gasteiger partial charge is 0.167 e. The fraction of sp³-hybridized carbons (Fsp3) is 0.643. The van der Waals surface area contributed by atoms with Crippen molar-refractivity contribution in [1.82, 2.24) is 19.5 Å². The zero-order valence-corrected chi connectivity index (χ0v) is 13.4. The van der Waals surface area contributed by atoms with E-state index >= 15 is 0 Å². The number of anilines is 1. The molecule has 0 amide bonds. The van der Waals surface area contributed by atoms with E-state index in [0.717, 1.165) is 0 Å². The van der Waals surface area contributed by atoms with E-state index < -0.39 is 31.1 Å². The topological polar surface area (TPSA) is 157 Å². The van der Waals surface area contributed by atoms with Crippen molar-refractivity contribution in [3.8, 4) is 0 Å². The molecule has 138 valence electrons. The van der Waals surface area contributed by atoms with Crippen LogP contribution >= 0.6 is 0 Å². The number of nitrogens with zero attached hydrogens (tertiary/aromatic N) is 5. The Bertz CT molecular complexity index is 706. The van der Waals surface area contributed by atoms with Crippen molar-refractivity contribution >= 4 is 17.0 Å². The molecule has 0 radical (unpaired) electrons. The van der Waals surface area contributed by atoms with E-state index in [-0.39, 0.29) is 26.3 Å². The highest BCUT2D eigenvalue weighted by Crippen LogP contribution is 2.32. The molecule has 3 heterocycles. The standard InChI is InChI=1S/C14H21N5O6/c20-3-1-18(2-4-21)12-9-13(16-6-15-12)19(7-17-9)14-11(24)10(23)8(5-22)25-14/h6-8,10-11,14,20-24H,1-5H2/t8-,10+,11+,14+/m1/s1. The van der Waals surface area contributed by atoms with Crippen molar-refractivity contribution in [2.24, 2.45) is 0 Å². The van der Waals surface area contributed by atoms with Crippen molar-refractivity contribution in [3.63, 3.8) is 0 Å². The van der Waals surface area contributed by atoms with Crippen LogP contribution in [0.15, 0.2) is 12.7 Å². The molecule has 0 aliphatic carbocycles. The Kier molecular flexibility index (Phi) is 5.42. The average molecular weight is 355 g/mol. The lowest BCUT2D eigenvalue weighted by Crippen LogP contribution is -2.33. The fourth-order valence-electron chi connectivity index (χ4n) is 2.93. The van der Waals surface area contributed by atoms with Crippen LogP contribution in [-0.4, -0.2) is 96.3 Å². The van der Waals surface area contributed by atoms with E-state index in [9.17, 15) is 25.5 Å². The maximum Gasteiger partial charge on any atom is 0.167 e. The first-order valence-electron chi connectivity index (χ1n) is 7.89.